The number of fused-ring (bicyclic) bond motifs is 2. The maximum Gasteiger partial charge on any atom is 0.0705 e. The predicted molar refractivity (Wildman–Crippen MR) is 87.9 cm³/mol. The highest BCUT2D eigenvalue weighted by Crippen LogP contribution is 2.34. The minimum absolute atomic E-state index is 0.643. The van der Waals surface area contributed by atoms with Gasteiger partial charge >= 0.3 is 0 Å². The second kappa shape index (κ2) is 5.21. The molecule has 1 aliphatic rings. The van der Waals surface area contributed by atoms with Gasteiger partial charge in [0.1, 0.15) is 0 Å². The molecule has 2 N–H and O–H groups in total. The van der Waals surface area contributed by atoms with Crippen molar-refractivity contribution in [1.29, 1.82) is 0 Å². The number of nitrogens with one attached hydrogen (secondary N) is 2. The molecule has 0 saturated heterocycles. The van der Waals surface area contributed by atoms with Crippen molar-refractivity contribution in [1.82, 2.24) is 10.3 Å². The number of H-pyrrole nitrogens is 1. The molecule has 4 rings (SSSR count). The van der Waals surface area contributed by atoms with Gasteiger partial charge in [0.15, 0.2) is 0 Å². The van der Waals surface area contributed by atoms with E-state index in [4.69, 9.17) is 11.6 Å². The Bertz CT molecular complexity index is 791. The Balaban J connectivity index is 1.42. The number of benzene rings is 2. The quantitative estimate of drug-likeness (QED) is 0.740. The van der Waals surface area contributed by atoms with Crippen LogP contribution in [0.15, 0.2) is 48.5 Å². The summed E-state index contributed by atoms with van der Waals surface area (Å²) in [6.07, 6.45) is 1.18. The minimum atomic E-state index is 0.643. The third kappa shape index (κ3) is 2.25. The van der Waals surface area contributed by atoms with Crippen molar-refractivity contribution in [3.05, 3.63) is 70.4 Å². The Kier molecular flexibility index (Phi) is 3.21. The summed E-state index contributed by atoms with van der Waals surface area (Å²) in [7, 11) is 0. The normalized spacial score (nSPS) is 16.7. The Morgan fingerprint density at radius 1 is 1.10 bits per heavy atom. The number of hydrogen-bond acceptors (Lipinski definition) is 1. The van der Waals surface area contributed by atoms with Crippen LogP contribution in [0.2, 0.25) is 5.02 Å². The van der Waals surface area contributed by atoms with Crippen molar-refractivity contribution < 1.29 is 0 Å². The van der Waals surface area contributed by atoms with Crippen molar-refractivity contribution in [2.45, 2.75) is 18.9 Å². The van der Waals surface area contributed by atoms with E-state index in [2.05, 4.69) is 46.7 Å². The van der Waals surface area contributed by atoms with Gasteiger partial charge in [-0.1, -0.05) is 54.1 Å². The molecule has 0 bridgehead atoms. The average molecular weight is 297 g/mol. The Hall–Kier alpha value is -1.77. The average Bonchev–Trinajstić information content (AvgIpc) is 2.81. The smallest absolute Gasteiger partial charge is 0.0705 e. The van der Waals surface area contributed by atoms with Gasteiger partial charge in [0.05, 0.1) is 5.02 Å². The molecule has 2 nitrogen and oxygen atoms in total. The summed E-state index contributed by atoms with van der Waals surface area (Å²) >= 11 is 6.43. The minimum Gasteiger partial charge on any atom is -0.356 e. The molecule has 2 aromatic carbocycles. The molecule has 106 valence electrons. The Morgan fingerprint density at radius 2 is 1.90 bits per heavy atom. The van der Waals surface area contributed by atoms with E-state index in [9.17, 15) is 0 Å². The standard InChI is InChI=1S/C18H17ClN2/c19-18-15-7-3-4-8-16(15)21-17(18)11-20-10-13-9-12-5-1-2-6-14(12)13/h1-8,13,20-21H,9-11H2. The first-order valence-electron chi connectivity index (χ1n) is 7.36. The molecule has 1 aliphatic carbocycles. The fourth-order valence-corrected chi connectivity index (χ4v) is 3.48. The molecular formula is C18H17ClN2. The van der Waals surface area contributed by atoms with Gasteiger partial charge < -0.3 is 10.3 Å². The van der Waals surface area contributed by atoms with Crippen LogP contribution >= 0.6 is 11.6 Å². The van der Waals surface area contributed by atoms with Crippen molar-refractivity contribution in [2.24, 2.45) is 0 Å². The Labute approximate surface area is 129 Å². The van der Waals surface area contributed by atoms with Crippen LogP contribution in [0, 0.1) is 0 Å². The summed E-state index contributed by atoms with van der Waals surface area (Å²) in [5.74, 6) is 0.643. The van der Waals surface area contributed by atoms with Crippen LogP contribution in [0.1, 0.15) is 22.7 Å². The van der Waals surface area contributed by atoms with Crippen LogP contribution in [-0.2, 0) is 13.0 Å². The van der Waals surface area contributed by atoms with Crippen LogP contribution in [0.5, 0.6) is 0 Å². The van der Waals surface area contributed by atoms with Gasteiger partial charge in [0.25, 0.3) is 0 Å². The Morgan fingerprint density at radius 3 is 2.76 bits per heavy atom. The molecule has 3 aromatic rings. The maximum absolute atomic E-state index is 6.43. The molecule has 1 heterocycles. The largest absolute Gasteiger partial charge is 0.356 e. The van der Waals surface area contributed by atoms with E-state index < -0.39 is 0 Å². The van der Waals surface area contributed by atoms with Crippen LogP contribution in [0.25, 0.3) is 10.9 Å². The fourth-order valence-electron chi connectivity index (χ4n) is 3.20. The first kappa shape index (κ1) is 12.9. The van der Waals surface area contributed by atoms with E-state index in [0.717, 1.165) is 34.7 Å². The molecular weight excluding hydrogens is 280 g/mol. The zero-order valence-corrected chi connectivity index (χ0v) is 12.5. The summed E-state index contributed by atoms with van der Waals surface area (Å²) in [5, 5.41) is 5.47. The first-order chi connectivity index (χ1) is 10.3. The van der Waals surface area contributed by atoms with Crippen molar-refractivity contribution in [2.75, 3.05) is 6.54 Å². The molecule has 0 radical (unpaired) electrons. The first-order valence-corrected chi connectivity index (χ1v) is 7.74. The highest BCUT2D eigenvalue weighted by atomic mass is 35.5. The maximum atomic E-state index is 6.43. The zero-order chi connectivity index (χ0) is 14.2. The summed E-state index contributed by atoms with van der Waals surface area (Å²) in [6, 6.07) is 16.9. The molecule has 3 heteroatoms. The lowest BCUT2D eigenvalue weighted by atomic mass is 9.77. The third-order valence-corrected chi connectivity index (χ3v) is 4.80. The topological polar surface area (TPSA) is 27.8 Å². The highest BCUT2D eigenvalue weighted by molar-refractivity contribution is 6.36. The van der Waals surface area contributed by atoms with E-state index in [0.29, 0.717) is 5.92 Å². The number of hydrogen-bond donors (Lipinski definition) is 2. The van der Waals surface area contributed by atoms with Crippen molar-refractivity contribution in [3.8, 4) is 0 Å². The lowest BCUT2D eigenvalue weighted by Crippen LogP contribution is -2.28. The number of aromatic nitrogens is 1. The molecule has 1 unspecified atom stereocenters. The summed E-state index contributed by atoms with van der Waals surface area (Å²) in [4.78, 5) is 3.40. The van der Waals surface area contributed by atoms with Crippen molar-refractivity contribution >= 4 is 22.5 Å². The van der Waals surface area contributed by atoms with E-state index in [1.807, 2.05) is 12.1 Å². The van der Waals surface area contributed by atoms with Gasteiger partial charge in [-0.05, 0) is 23.6 Å². The summed E-state index contributed by atoms with van der Waals surface area (Å²) in [6.45, 7) is 1.79. The number of para-hydroxylation sites is 1. The molecule has 0 fully saturated rings. The second-order valence-electron chi connectivity index (χ2n) is 5.69. The lowest BCUT2D eigenvalue weighted by molar-refractivity contribution is 0.533. The third-order valence-electron chi connectivity index (χ3n) is 4.37. The number of aromatic amines is 1. The summed E-state index contributed by atoms with van der Waals surface area (Å²) < 4.78 is 0. The van der Waals surface area contributed by atoms with Crippen LogP contribution < -0.4 is 5.32 Å². The highest BCUT2D eigenvalue weighted by Gasteiger charge is 2.24. The molecule has 0 aliphatic heterocycles. The van der Waals surface area contributed by atoms with Crippen LogP contribution in [0.4, 0.5) is 0 Å². The molecule has 0 amide bonds. The number of halogens is 1. The monoisotopic (exact) mass is 296 g/mol. The fraction of sp³-hybridized carbons (Fsp3) is 0.222. The molecule has 1 aromatic heterocycles. The van der Waals surface area contributed by atoms with Gasteiger partial charge in [-0.15, -0.1) is 0 Å². The second-order valence-corrected chi connectivity index (χ2v) is 6.07. The van der Waals surface area contributed by atoms with Crippen LogP contribution in [-0.4, -0.2) is 11.5 Å². The molecule has 0 spiro atoms. The summed E-state index contributed by atoms with van der Waals surface area (Å²) in [5.41, 5.74) is 5.17. The van der Waals surface area contributed by atoms with E-state index in [1.165, 1.54) is 17.5 Å². The zero-order valence-electron chi connectivity index (χ0n) is 11.7. The van der Waals surface area contributed by atoms with Crippen molar-refractivity contribution in [3.63, 3.8) is 0 Å². The van der Waals surface area contributed by atoms with Gasteiger partial charge in [0, 0.05) is 35.6 Å². The van der Waals surface area contributed by atoms with Gasteiger partial charge in [-0.2, -0.15) is 0 Å². The SMILES string of the molecule is Clc1c(CNCC2Cc3ccccc32)[nH]c2ccccc12. The number of rotatable bonds is 4. The van der Waals surface area contributed by atoms with Gasteiger partial charge in [0.2, 0.25) is 0 Å². The molecule has 0 saturated carbocycles. The van der Waals surface area contributed by atoms with Crippen LogP contribution in [0.3, 0.4) is 0 Å². The molecule has 1 atom stereocenters. The van der Waals surface area contributed by atoms with E-state index in [1.54, 1.807) is 0 Å². The lowest BCUT2D eigenvalue weighted by Gasteiger charge is -2.30. The molecule has 21 heavy (non-hydrogen) atoms. The van der Waals surface area contributed by atoms with E-state index in [-0.39, 0.29) is 0 Å². The van der Waals surface area contributed by atoms with E-state index >= 15 is 0 Å². The predicted octanol–water partition coefficient (Wildman–Crippen LogP) is 4.25. The van der Waals surface area contributed by atoms with Gasteiger partial charge in [-0.3, -0.25) is 0 Å². The van der Waals surface area contributed by atoms with Gasteiger partial charge in [-0.25, -0.2) is 0 Å².